The van der Waals surface area contributed by atoms with Crippen LogP contribution in [0.2, 0.25) is 0 Å². The summed E-state index contributed by atoms with van der Waals surface area (Å²) in [5.74, 6) is 0. The van der Waals surface area contributed by atoms with Crippen LogP contribution in [-0.4, -0.2) is 10.1 Å². The van der Waals surface area contributed by atoms with Gasteiger partial charge in [-0.25, -0.2) is 4.98 Å². The molecule has 0 aliphatic carbocycles. The highest BCUT2D eigenvalue weighted by Gasteiger charge is 2.27. The number of rotatable bonds is 2. The summed E-state index contributed by atoms with van der Waals surface area (Å²) in [4.78, 5) is 4.25. The van der Waals surface area contributed by atoms with E-state index in [1.807, 2.05) is 13.0 Å². The summed E-state index contributed by atoms with van der Waals surface area (Å²) in [6, 6.07) is 7.04. The van der Waals surface area contributed by atoms with Crippen LogP contribution in [0.1, 0.15) is 25.0 Å². The number of nitrogens with zero attached hydrogens (tertiary/aromatic N) is 2. The summed E-state index contributed by atoms with van der Waals surface area (Å²) in [7, 11) is 0. The Morgan fingerprint density at radius 3 is 2.56 bits per heavy atom. The van der Waals surface area contributed by atoms with E-state index in [1.54, 1.807) is 38.2 Å². The summed E-state index contributed by atoms with van der Waals surface area (Å²) in [6.45, 7) is 5.24. The van der Waals surface area contributed by atoms with E-state index in [2.05, 4.69) is 4.98 Å². The fourth-order valence-corrected chi connectivity index (χ4v) is 1.84. The van der Waals surface area contributed by atoms with E-state index in [0.29, 0.717) is 17.0 Å². The van der Waals surface area contributed by atoms with E-state index in [0.717, 1.165) is 10.3 Å². The predicted molar refractivity (Wildman–Crippen MR) is 68.6 cm³/mol. The quantitative estimate of drug-likeness (QED) is 0.648. The largest absolute Gasteiger partial charge is 0.618 e. The van der Waals surface area contributed by atoms with Crippen LogP contribution in [0.25, 0.3) is 11.4 Å². The molecule has 0 fully saturated rings. The third-order valence-corrected chi connectivity index (χ3v) is 2.77. The number of hydrogen-bond acceptors (Lipinski definition) is 3. The normalized spacial score (nSPS) is 11.6. The lowest BCUT2D eigenvalue weighted by Crippen LogP contribution is -2.33. The van der Waals surface area contributed by atoms with Crippen LogP contribution in [0.5, 0.6) is 0 Å². The van der Waals surface area contributed by atoms with Gasteiger partial charge in [-0.05, 0) is 38.5 Å². The molecule has 0 aliphatic rings. The Morgan fingerprint density at radius 2 is 2.00 bits per heavy atom. The zero-order chi connectivity index (χ0) is 13.3. The SMILES string of the molecule is Cc1ccc(-c2c(C(C)(C)O)ccc[n+]2[O-])nc1. The van der Waals surface area contributed by atoms with Crippen LogP contribution in [0.3, 0.4) is 0 Å². The molecule has 0 aliphatic heterocycles. The molecule has 0 unspecified atom stereocenters. The number of aliphatic hydroxyl groups is 1. The van der Waals surface area contributed by atoms with Crippen LogP contribution in [-0.2, 0) is 5.60 Å². The molecule has 0 aromatic carbocycles. The van der Waals surface area contributed by atoms with Gasteiger partial charge in [0.05, 0.1) is 11.2 Å². The van der Waals surface area contributed by atoms with Gasteiger partial charge < -0.3 is 10.3 Å². The molecular weight excluding hydrogens is 228 g/mol. The van der Waals surface area contributed by atoms with Crippen molar-refractivity contribution in [3.8, 4) is 11.4 Å². The molecule has 2 rings (SSSR count). The average molecular weight is 244 g/mol. The maximum atomic E-state index is 11.9. The van der Waals surface area contributed by atoms with E-state index in [-0.39, 0.29) is 0 Å². The summed E-state index contributed by atoms with van der Waals surface area (Å²) >= 11 is 0. The van der Waals surface area contributed by atoms with Gasteiger partial charge in [-0.2, -0.15) is 4.73 Å². The first kappa shape index (κ1) is 12.5. The van der Waals surface area contributed by atoms with Crippen molar-refractivity contribution < 1.29 is 9.84 Å². The second kappa shape index (κ2) is 4.38. The minimum atomic E-state index is -1.09. The van der Waals surface area contributed by atoms with Crippen molar-refractivity contribution in [2.45, 2.75) is 26.4 Å². The van der Waals surface area contributed by atoms with E-state index >= 15 is 0 Å². The molecule has 2 aromatic rings. The van der Waals surface area contributed by atoms with E-state index < -0.39 is 5.60 Å². The fourth-order valence-electron chi connectivity index (χ4n) is 1.84. The summed E-state index contributed by atoms with van der Waals surface area (Å²) in [5, 5.41) is 22.1. The molecule has 2 aromatic heterocycles. The Balaban J connectivity index is 2.66. The fraction of sp³-hybridized carbons (Fsp3) is 0.286. The van der Waals surface area contributed by atoms with Crippen LogP contribution in [0.15, 0.2) is 36.7 Å². The monoisotopic (exact) mass is 244 g/mol. The summed E-state index contributed by atoms with van der Waals surface area (Å²) in [6.07, 6.45) is 3.11. The molecule has 94 valence electrons. The predicted octanol–water partition coefficient (Wildman–Crippen LogP) is 1.92. The Hall–Kier alpha value is -1.94. The van der Waals surface area contributed by atoms with Crippen molar-refractivity contribution >= 4 is 0 Å². The molecule has 18 heavy (non-hydrogen) atoms. The Bertz CT molecular complexity index is 557. The van der Waals surface area contributed by atoms with Crippen LogP contribution >= 0.6 is 0 Å². The van der Waals surface area contributed by atoms with Crippen LogP contribution in [0.4, 0.5) is 0 Å². The maximum Gasteiger partial charge on any atom is 0.248 e. The lowest BCUT2D eigenvalue weighted by atomic mass is 9.95. The van der Waals surface area contributed by atoms with Gasteiger partial charge in [0.15, 0.2) is 6.20 Å². The molecule has 0 bridgehead atoms. The molecule has 0 amide bonds. The standard InChI is InChI=1S/C14H16N2O2/c1-10-6-7-12(15-9-10)13-11(14(2,3)17)5-4-8-16(13)18/h4-9,17H,1-3H3. The van der Waals surface area contributed by atoms with Crippen molar-refractivity contribution in [2.75, 3.05) is 0 Å². The zero-order valence-electron chi connectivity index (χ0n) is 10.7. The number of aromatic nitrogens is 2. The molecule has 0 radical (unpaired) electrons. The lowest BCUT2D eigenvalue weighted by Gasteiger charge is -2.19. The van der Waals surface area contributed by atoms with Gasteiger partial charge in [-0.1, -0.05) is 6.07 Å². The highest BCUT2D eigenvalue weighted by atomic mass is 16.5. The Kier molecular flexibility index (Phi) is 3.05. The van der Waals surface area contributed by atoms with Crippen molar-refractivity contribution in [1.82, 2.24) is 4.98 Å². The second-order valence-corrected chi connectivity index (χ2v) is 4.88. The smallest absolute Gasteiger partial charge is 0.248 e. The molecule has 0 atom stereocenters. The molecule has 2 heterocycles. The average Bonchev–Trinajstić information content (AvgIpc) is 2.29. The van der Waals surface area contributed by atoms with Crippen LogP contribution < -0.4 is 4.73 Å². The third-order valence-electron chi connectivity index (χ3n) is 2.77. The first-order chi connectivity index (χ1) is 8.39. The van der Waals surface area contributed by atoms with Gasteiger partial charge in [0.1, 0.15) is 5.69 Å². The van der Waals surface area contributed by atoms with Gasteiger partial charge in [0, 0.05) is 12.3 Å². The molecule has 1 N–H and O–H groups in total. The summed E-state index contributed by atoms with van der Waals surface area (Å²) < 4.78 is 0.741. The van der Waals surface area contributed by atoms with Crippen molar-refractivity contribution in [2.24, 2.45) is 0 Å². The first-order valence-electron chi connectivity index (χ1n) is 5.77. The summed E-state index contributed by atoms with van der Waals surface area (Å²) in [5.41, 5.74) is 1.46. The van der Waals surface area contributed by atoms with Gasteiger partial charge in [0.25, 0.3) is 0 Å². The highest BCUT2D eigenvalue weighted by molar-refractivity contribution is 5.57. The molecule has 4 nitrogen and oxygen atoms in total. The van der Waals surface area contributed by atoms with Gasteiger partial charge in [-0.3, -0.25) is 0 Å². The van der Waals surface area contributed by atoms with Crippen LogP contribution in [0, 0.1) is 12.1 Å². The van der Waals surface area contributed by atoms with Crippen molar-refractivity contribution in [1.29, 1.82) is 0 Å². The highest BCUT2D eigenvalue weighted by Crippen LogP contribution is 2.27. The van der Waals surface area contributed by atoms with E-state index in [1.165, 1.54) is 6.20 Å². The van der Waals surface area contributed by atoms with Gasteiger partial charge in [0.2, 0.25) is 5.69 Å². The van der Waals surface area contributed by atoms with Crippen molar-refractivity contribution in [3.63, 3.8) is 0 Å². The number of hydrogen-bond donors (Lipinski definition) is 1. The number of aryl methyl sites for hydroxylation is 1. The first-order valence-corrected chi connectivity index (χ1v) is 5.77. The third kappa shape index (κ3) is 2.33. The molecule has 4 heteroatoms. The lowest BCUT2D eigenvalue weighted by molar-refractivity contribution is -0.594. The maximum absolute atomic E-state index is 11.9. The van der Waals surface area contributed by atoms with Crippen molar-refractivity contribution in [3.05, 3.63) is 53.0 Å². The van der Waals surface area contributed by atoms with E-state index in [4.69, 9.17) is 0 Å². The van der Waals surface area contributed by atoms with Gasteiger partial charge >= 0.3 is 0 Å². The van der Waals surface area contributed by atoms with E-state index in [9.17, 15) is 10.3 Å². The second-order valence-electron chi connectivity index (χ2n) is 4.88. The minimum absolute atomic E-state index is 0.394. The Labute approximate surface area is 106 Å². The molecular formula is C14H16N2O2. The Morgan fingerprint density at radius 1 is 1.28 bits per heavy atom. The molecule has 0 saturated heterocycles. The number of pyridine rings is 2. The minimum Gasteiger partial charge on any atom is -0.618 e. The zero-order valence-corrected chi connectivity index (χ0v) is 10.7. The van der Waals surface area contributed by atoms with Gasteiger partial charge in [-0.15, -0.1) is 0 Å². The molecule has 0 spiro atoms. The molecule has 0 saturated carbocycles. The topological polar surface area (TPSA) is 60.1 Å².